The van der Waals surface area contributed by atoms with Gasteiger partial charge < -0.3 is 10.2 Å². The molecule has 1 unspecified atom stereocenters. The van der Waals surface area contributed by atoms with Gasteiger partial charge >= 0.3 is 0 Å². The topological polar surface area (TPSA) is 15.3 Å². The molecule has 0 radical (unpaired) electrons. The van der Waals surface area contributed by atoms with Crippen molar-refractivity contribution in [2.45, 2.75) is 19.8 Å². The summed E-state index contributed by atoms with van der Waals surface area (Å²) in [4.78, 5) is 2.27. The van der Waals surface area contributed by atoms with Crippen LogP contribution in [0.5, 0.6) is 0 Å². The average Bonchev–Trinajstić information content (AvgIpc) is 1.97. The Labute approximate surface area is 71.0 Å². The lowest BCUT2D eigenvalue weighted by Gasteiger charge is -2.19. The molecule has 0 aliphatic heterocycles. The fourth-order valence-corrected chi connectivity index (χ4v) is 1.29. The molecule has 0 fully saturated rings. The maximum Gasteiger partial charge on any atom is 0.000393 e. The predicted octanol–water partition coefficient (Wildman–Crippen LogP) is 1.18. The van der Waals surface area contributed by atoms with Gasteiger partial charge in [-0.25, -0.2) is 0 Å². The molecule has 0 aliphatic rings. The molecule has 1 N–H and O–H groups in total. The third kappa shape index (κ3) is 6.32. The lowest BCUT2D eigenvalue weighted by Crippen LogP contribution is -2.24. The van der Waals surface area contributed by atoms with Gasteiger partial charge in [0.25, 0.3) is 0 Å². The Morgan fingerprint density at radius 2 is 2.00 bits per heavy atom. The summed E-state index contributed by atoms with van der Waals surface area (Å²) in [5, 5.41) is 3.19. The summed E-state index contributed by atoms with van der Waals surface area (Å²) < 4.78 is 0. The highest BCUT2D eigenvalue weighted by molar-refractivity contribution is 4.60. The lowest BCUT2D eigenvalue weighted by atomic mass is 10.0. The smallest absolute Gasteiger partial charge is 0.000393 e. The molecule has 2 nitrogen and oxygen atoms in total. The van der Waals surface area contributed by atoms with Gasteiger partial charge in [0, 0.05) is 6.54 Å². The van der Waals surface area contributed by atoms with E-state index in [9.17, 15) is 0 Å². The van der Waals surface area contributed by atoms with Crippen LogP contribution in [0.25, 0.3) is 0 Å². The third-order valence-electron chi connectivity index (χ3n) is 2.00. The molecule has 11 heavy (non-hydrogen) atoms. The molecular formula is C9H22N2. The van der Waals surface area contributed by atoms with Gasteiger partial charge in [0.05, 0.1) is 0 Å². The Balaban J connectivity index is 3.41. The van der Waals surface area contributed by atoms with Crippen molar-refractivity contribution >= 4 is 0 Å². The number of hydrogen-bond acceptors (Lipinski definition) is 2. The second-order valence-corrected chi connectivity index (χ2v) is 3.43. The minimum Gasteiger partial charge on any atom is -0.320 e. The van der Waals surface area contributed by atoms with Crippen molar-refractivity contribution < 1.29 is 0 Å². The van der Waals surface area contributed by atoms with E-state index in [1.54, 1.807) is 0 Å². The summed E-state index contributed by atoms with van der Waals surface area (Å²) in [7, 11) is 6.30. The van der Waals surface area contributed by atoms with Crippen LogP contribution < -0.4 is 5.32 Å². The van der Waals surface area contributed by atoms with Crippen LogP contribution in [0.2, 0.25) is 0 Å². The first kappa shape index (κ1) is 10.9. The van der Waals surface area contributed by atoms with Gasteiger partial charge in [0.15, 0.2) is 0 Å². The van der Waals surface area contributed by atoms with Crippen LogP contribution in [0, 0.1) is 5.92 Å². The van der Waals surface area contributed by atoms with Crippen molar-refractivity contribution in [3.63, 3.8) is 0 Å². The highest BCUT2D eigenvalue weighted by Crippen LogP contribution is 2.07. The molecule has 0 aromatic rings. The Morgan fingerprint density at radius 1 is 1.36 bits per heavy atom. The average molecular weight is 158 g/mol. The van der Waals surface area contributed by atoms with E-state index in [0.717, 1.165) is 12.5 Å². The van der Waals surface area contributed by atoms with Gasteiger partial charge in [-0.3, -0.25) is 0 Å². The molecule has 0 aromatic carbocycles. The summed E-state index contributed by atoms with van der Waals surface area (Å²) in [6.07, 6.45) is 2.59. The first-order chi connectivity index (χ1) is 5.20. The van der Waals surface area contributed by atoms with Crippen LogP contribution in [0.3, 0.4) is 0 Å². The molecule has 2 heteroatoms. The van der Waals surface area contributed by atoms with E-state index in [0.29, 0.717) is 0 Å². The number of rotatable bonds is 6. The van der Waals surface area contributed by atoms with E-state index in [-0.39, 0.29) is 0 Å². The monoisotopic (exact) mass is 158 g/mol. The normalized spacial score (nSPS) is 13.9. The highest BCUT2D eigenvalue weighted by Gasteiger charge is 2.05. The molecule has 0 amide bonds. The van der Waals surface area contributed by atoms with Crippen molar-refractivity contribution in [1.82, 2.24) is 10.2 Å². The predicted molar refractivity (Wildman–Crippen MR) is 50.9 cm³/mol. The van der Waals surface area contributed by atoms with Gasteiger partial charge in [-0.05, 0) is 40.0 Å². The Kier molecular flexibility index (Phi) is 6.57. The zero-order valence-electron chi connectivity index (χ0n) is 8.35. The van der Waals surface area contributed by atoms with Crippen molar-refractivity contribution in [2.75, 3.05) is 34.2 Å². The number of hydrogen-bond donors (Lipinski definition) is 1. The van der Waals surface area contributed by atoms with Crippen LogP contribution in [0.15, 0.2) is 0 Å². The molecule has 0 aliphatic carbocycles. The molecule has 1 atom stereocenters. The van der Waals surface area contributed by atoms with Crippen molar-refractivity contribution in [3.05, 3.63) is 0 Å². The maximum absolute atomic E-state index is 3.19. The van der Waals surface area contributed by atoms with Crippen LogP contribution in [-0.4, -0.2) is 39.1 Å². The Hall–Kier alpha value is -0.0800. The first-order valence-electron chi connectivity index (χ1n) is 4.50. The van der Waals surface area contributed by atoms with Crippen LogP contribution in [0.1, 0.15) is 19.8 Å². The summed E-state index contributed by atoms with van der Waals surface area (Å²) in [6.45, 7) is 4.63. The molecule has 0 saturated carbocycles. The molecule has 0 heterocycles. The van der Waals surface area contributed by atoms with Gasteiger partial charge in [-0.15, -0.1) is 0 Å². The quantitative estimate of drug-likeness (QED) is 0.624. The van der Waals surface area contributed by atoms with E-state index >= 15 is 0 Å². The van der Waals surface area contributed by atoms with E-state index < -0.39 is 0 Å². The second kappa shape index (κ2) is 6.62. The summed E-state index contributed by atoms with van der Waals surface area (Å²) >= 11 is 0. The third-order valence-corrected chi connectivity index (χ3v) is 2.00. The Morgan fingerprint density at radius 3 is 2.36 bits per heavy atom. The molecule has 0 rings (SSSR count). The zero-order valence-corrected chi connectivity index (χ0v) is 8.35. The van der Waals surface area contributed by atoms with E-state index in [1.165, 1.54) is 19.4 Å². The molecular weight excluding hydrogens is 136 g/mol. The summed E-state index contributed by atoms with van der Waals surface area (Å²) in [5.74, 6) is 0.859. The van der Waals surface area contributed by atoms with Gasteiger partial charge in [0.1, 0.15) is 0 Å². The Bertz CT molecular complexity index is 81.6. The maximum atomic E-state index is 3.19. The summed E-state index contributed by atoms with van der Waals surface area (Å²) in [5.41, 5.74) is 0. The van der Waals surface area contributed by atoms with Crippen molar-refractivity contribution in [1.29, 1.82) is 0 Å². The molecule has 0 saturated heterocycles. The first-order valence-corrected chi connectivity index (χ1v) is 4.50. The van der Waals surface area contributed by atoms with Gasteiger partial charge in [-0.1, -0.05) is 13.3 Å². The van der Waals surface area contributed by atoms with Crippen LogP contribution in [0.4, 0.5) is 0 Å². The van der Waals surface area contributed by atoms with Crippen LogP contribution in [-0.2, 0) is 0 Å². The molecule has 0 spiro atoms. The minimum absolute atomic E-state index is 0.859. The highest BCUT2D eigenvalue weighted by atomic mass is 15.1. The van der Waals surface area contributed by atoms with Gasteiger partial charge in [-0.2, -0.15) is 0 Å². The lowest BCUT2D eigenvalue weighted by molar-refractivity contribution is 0.304. The van der Waals surface area contributed by atoms with Crippen molar-refractivity contribution in [3.8, 4) is 0 Å². The molecule has 68 valence electrons. The van der Waals surface area contributed by atoms with E-state index in [1.807, 2.05) is 7.05 Å². The van der Waals surface area contributed by atoms with Gasteiger partial charge in [0.2, 0.25) is 0 Å². The SMILES string of the molecule is CCC(CCNC)CN(C)C. The fraction of sp³-hybridized carbons (Fsp3) is 1.00. The zero-order chi connectivity index (χ0) is 8.69. The number of nitrogens with zero attached hydrogens (tertiary/aromatic N) is 1. The van der Waals surface area contributed by atoms with Crippen molar-refractivity contribution in [2.24, 2.45) is 5.92 Å². The molecule has 0 bridgehead atoms. The number of nitrogens with one attached hydrogen (secondary N) is 1. The standard InChI is InChI=1S/C9H22N2/c1-5-9(6-7-10-2)8-11(3)4/h9-10H,5-8H2,1-4H3. The second-order valence-electron chi connectivity index (χ2n) is 3.43. The minimum atomic E-state index is 0.859. The fourth-order valence-electron chi connectivity index (χ4n) is 1.29. The van der Waals surface area contributed by atoms with E-state index in [2.05, 4.69) is 31.2 Å². The largest absolute Gasteiger partial charge is 0.320 e. The molecule has 0 aromatic heterocycles. The summed E-state index contributed by atoms with van der Waals surface area (Å²) in [6, 6.07) is 0. The van der Waals surface area contributed by atoms with Crippen LogP contribution >= 0.6 is 0 Å². The van der Waals surface area contributed by atoms with E-state index in [4.69, 9.17) is 0 Å².